The first kappa shape index (κ1) is 25.0. The van der Waals surface area contributed by atoms with Gasteiger partial charge in [-0.15, -0.1) is 0 Å². The molecule has 0 unspecified atom stereocenters. The maximum atomic E-state index is 10.9. The zero-order valence-electron chi connectivity index (χ0n) is 19.5. The molecular weight excluding hydrogens is 490 g/mol. The maximum absolute atomic E-state index is 10.9. The number of rotatable bonds is 9. The number of hydrogen-bond acceptors (Lipinski definition) is 9. The van der Waals surface area contributed by atoms with Gasteiger partial charge in [-0.1, -0.05) is 29.8 Å². The summed E-state index contributed by atoms with van der Waals surface area (Å²) in [4.78, 5) is 13.5. The van der Waals surface area contributed by atoms with Crippen molar-refractivity contribution in [2.75, 3.05) is 55.9 Å². The third-order valence-electron chi connectivity index (χ3n) is 5.71. The number of halogens is 1. The van der Waals surface area contributed by atoms with Gasteiger partial charge in [-0.25, -0.2) is 18.1 Å². The van der Waals surface area contributed by atoms with Crippen molar-refractivity contribution in [2.24, 2.45) is 0 Å². The van der Waals surface area contributed by atoms with E-state index in [9.17, 15) is 8.42 Å². The van der Waals surface area contributed by atoms with E-state index in [0.717, 1.165) is 43.1 Å². The second-order valence-corrected chi connectivity index (χ2v) is 9.30. The minimum Gasteiger partial charge on any atom is -0.494 e. The van der Waals surface area contributed by atoms with Crippen molar-refractivity contribution in [1.82, 2.24) is 19.6 Å². The van der Waals surface area contributed by atoms with Gasteiger partial charge in [0.15, 0.2) is 5.82 Å². The van der Waals surface area contributed by atoms with Crippen LogP contribution >= 0.6 is 11.6 Å². The number of hydrogen-bond donors (Lipinski definition) is 4. The molecule has 1 aromatic heterocycles. The number of aromatic nitrogens is 2. The molecule has 0 saturated carbocycles. The fraction of sp³-hybridized carbons (Fsp3) is 0.304. The van der Waals surface area contributed by atoms with Crippen LogP contribution in [0.25, 0.3) is 0 Å². The zero-order chi connectivity index (χ0) is 24.8. The minimum absolute atomic E-state index is 0.145. The van der Waals surface area contributed by atoms with E-state index in [1.807, 2.05) is 36.4 Å². The third-order valence-corrected chi connectivity index (χ3v) is 6.41. The fourth-order valence-corrected chi connectivity index (χ4v) is 4.19. The highest BCUT2D eigenvalue weighted by molar-refractivity contribution is 7.70. The number of thiol groups is 1. The van der Waals surface area contributed by atoms with Gasteiger partial charge in [0.2, 0.25) is 16.8 Å². The summed E-state index contributed by atoms with van der Waals surface area (Å²) < 4.78 is 29.9. The molecule has 10 nitrogen and oxygen atoms in total. The number of likely N-dealkylation sites (N-methyl/N-ethyl adjacent to an activating group) is 1. The SMILES string of the molecule is COc1cc(N2CCN(C)CC2)ccc1Nc1ncc(Cl)c(Nc2ccccc2CN[SH](=O)=O)n1. The molecule has 2 heterocycles. The lowest BCUT2D eigenvalue weighted by Crippen LogP contribution is -2.44. The van der Waals surface area contributed by atoms with E-state index in [4.69, 9.17) is 16.3 Å². The highest BCUT2D eigenvalue weighted by atomic mass is 35.5. The molecule has 35 heavy (non-hydrogen) atoms. The number of nitrogens with zero attached hydrogens (tertiary/aromatic N) is 4. The molecule has 0 spiro atoms. The van der Waals surface area contributed by atoms with Crippen LogP contribution in [0.3, 0.4) is 0 Å². The second kappa shape index (κ2) is 11.5. The van der Waals surface area contributed by atoms with Crippen molar-refractivity contribution in [3.8, 4) is 5.75 Å². The van der Waals surface area contributed by atoms with E-state index >= 15 is 0 Å². The summed E-state index contributed by atoms with van der Waals surface area (Å²) in [6.45, 7) is 4.11. The molecule has 1 fully saturated rings. The monoisotopic (exact) mass is 517 g/mol. The average molecular weight is 518 g/mol. The van der Waals surface area contributed by atoms with Crippen LogP contribution in [0.15, 0.2) is 48.7 Å². The van der Waals surface area contributed by atoms with Crippen LogP contribution in [-0.2, 0) is 17.4 Å². The normalized spacial score (nSPS) is 14.2. The van der Waals surface area contributed by atoms with E-state index in [-0.39, 0.29) is 6.54 Å². The molecule has 1 saturated heterocycles. The molecule has 186 valence electrons. The van der Waals surface area contributed by atoms with Crippen LogP contribution in [0.2, 0.25) is 5.02 Å². The minimum atomic E-state index is -2.71. The Morgan fingerprint density at radius 2 is 1.83 bits per heavy atom. The van der Waals surface area contributed by atoms with Gasteiger partial charge in [-0.05, 0) is 30.8 Å². The Kier molecular flexibility index (Phi) is 8.24. The summed E-state index contributed by atoms with van der Waals surface area (Å²) in [5.74, 6) is 1.40. The molecule has 3 N–H and O–H groups in total. The summed E-state index contributed by atoms with van der Waals surface area (Å²) in [7, 11) is 1.05. The van der Waals surface area contributed by atoms with Gasteiger partial charge in [0.05, 0.1) is 19.0 Å². The topological polar surface area (TPSA) is 112 Å². The summed E-state index contributed by atoms with van der Waals surface area (Å²) in [5, 5.41) is 6.70. The van der Waals surface area contributed by atoms with Gasteiger partial charge in [0.1, 0.15) is 10.8 Å². The molecule has 1 aliphatic heterocycles. The predicted molar refractivity (Wildman–Crippen MR) is 140 cm³/mol. The Balaban J connectivity index is 1.53. The lowest BCUT2D eigenvalue weighted by atomic mass is 10.2. The Labute approximate surface area is 211 Å². The van der Waals surface area contributed by atoms with Crippen LogP contribution < -0.4 is 25.0 Å². The van der Waals surface area contributed by atoms with Gasteiger partial charge in [-0.3, -0.25) is 0 Å². The smallest absolute Gasteiger partial charge is 0.229 e. The van der Waals surface area contributed by atoms with E-state index in [2.05, 4.69) is 48.2 Å². The molecule has 4 rings (SSSR count). The van der Waals surface area contributed by atoms with Crippen LogP contribution in [0.1, 0.15) is 5.56 Å². The van der Waals surface area contributed by atoms with Crippen molar-refractivity contribution < 1.29 is 13.2 Å². The highest BCUT2D eigenvalue weighted by Crippen LogP contribution is 2.33. The van der Waals surface area contributed by atoms with Crippen LogP contribution in [-0.4, -0.2) is 63.6 Å². The maximum Gasteiger partial charge on any atom is 0.229 e. The van der Waals surface area contributed by atoms with Crippen LogP contribution in [0.5, 0.6) is 5.75 Å². The highest BCUT2D eigenvalue weighted by Gasteiger charge is 2.17. The van der Waals surface area contributed by atoms with E-state index in [1.165, 1.54) is 6.20 Å². The molecule has 0 atom stereocenters. The summed E-state index contributed by atoms with van der Waals surface area (Å²) in [6, 6.07) is 13.3. The van der Waals surface area contributed by atoms with Crippen molar-refractivity contribution in [3.63, 3.8) is 0 Å². The second-order valence-electron chi connectivity index (χ2n) is 8.06. The molecule has 0 radical (unpaired) electrons. The van der Waals surface area contributed by atoms with Gasteiger partial charge in [0.25, 0.3) is 0 Å². The van der Waals surface area contributed by atoms with Crippen LogP contribution in [0, 0.1) is 0 Å². The average Bonchev–Trinajstić information content (AvgIpc) is 2.86. The molecule has 1 aliphatic rings. The predicted octanol–water partition coefficient (Wildman–Crippen LogP) is 2.99. The number of nitrogens with one attached hydrogen (secondary N) is 3. The van der Waals surface area contributed by atoms with Gasteiger partial charge >= 0.3 is 0 Å². The van der Waals surface area contributed by atoms with Gasteiger partial charge in [0, 0.05) is 50.2 Å². The molecule has 2 aromatic carbocycles. The first-order chi connectivity index (χ1) is 16.9. The number of methoxy groups -OCH3 is 1. The van der Waals surface area contributed by atoms with E-state index in [1.54, 1.807) is 7.11 Å². The Morgan fingerprint density at radius 1 is 1.06 bits per heavy atom. The largest absolute Gasteiger partial charge is 0.494 e. The Hall–Kier alpha value is -3.12. The Bertz CT molecular complexity index is 1240. The first-order valence-electron chi connectivity index (χ1n) is 11.1. The molecule has 0 aliphatic carbocycles. The number of anilines is 5. The van der Waals surface area contributed by atoms with Crippen LogP contribution in [0.4, 0.5) is 28.8 Å². The van der Waals surface area contributed by atoms with Crippen molar-refractivity contribution in [1.29, 1.82) is 0 Å². The zero-order valence-corrected chi connectivity index (χ0v) is 21.1. The fourth-order valence-electron chi connectivity index (χ4n) is 3.75. The van der Waals surface area contributed by atoms with Gasteiger partial charge in [-0.2, -0.15) is 4.98 Å². The Morgan fingerprint density at radius 3 is 2.57 bits per heavy atom. The molecule has 0 amide bonds. The number of ether oxygens (including phenoxy) is 1. The molecule has 3 aromatic rings. The number of benzene rings is 2. The van der Waals surface area contributed by atoms with Crippen molar-refractivity contribution in [3.05, 3.63) is 59.2 Å². The summed E-state index contributed by atoms with van der Waals surface area (Å²) in [6.07, 6.45) is 1.50. The summed E-state index contributed by atoms with van der Waals surface area (Å²) >= 11 is 6.34. The number of para-hydroxylation sites is 1. The third kappa shape index (κ3) is 6.51. The number of piperazine rings is 1. The quantitative estimate of drug-likeness (QED) is 0.318. The van der Waals surface area contributed by atoms with E-state index in [0.29, 0.717) is 28.2 Å². The first-order valence-corrected chi connectivity index (χ1v) is 12.6. The molecule has 0 bridgehead atoms. The van der Waals surface area contributed by atoms with Crippen molar-refractivity contribution in [2.45, 2.75) is 6.54 Å². The standard InChI is InChI=1S/C23H28ClN7O3S/c1-30-9-11-31(12-10-30)17-7-8-20(21(13-17)34-2)28-23-25-15-18(24)22(29-23)27-19-6-4-3-5-16(19)14-26-35(32)33/h3-8,13,15,35H,9-12,14H2,1-2H3,(H,26,32,33)(H2,25,27,28,29). The van der Waals surface area contributed by atoms with E-state index < -0.39 is 10.9 Å². The lowest BCUT2D eigenvalue weighted by Gasteiger charge is -2.34. The summed E-state index contributed by atoms with van der Waals surface area (Å²) in [5.41, 5.74) is 3.25. The van der Waals surface area contributed by atoms with Crippen molar-refractivity contribution >= 4 is 51.3 Å². The lowest BCUT2D eigenvalue weighted by molar-refractivity contribution is 0.312. The van der Waals surface area contributed by atoms with Gasteiger partial charge < -0.3 is 25.2 Å². The molecule has 12 heteroatoms. The molecular formula is C23H28ClN7O3S.